The normalized spacial score (nSPS) is 22.0. The van der Waals surface area contributed by atoms with Gasteiger partial charge >= 0.3 is 0 Å². The van der Waals surface area contributed by atoms with Gasteiger partial charge in [0.2, 0.25) is 0 Å². The number of rotatable bonds is 5. The van der Waals surface area contributed by atoms with E-state index in [2.05, 4.69) is 10.3 Å². The molecule has 1 saturated carbocycles. The monoisotopic (exact) mass is 397 g/mol. The molecule has 1 amide bonds. The van der Waals surface area contributed by atoms with E-state index in [4.69, 9.17) is 0 Å². The quantitative estimate of drug-likeness (QED) is 0.615. The van der Waals surface area contributed by atoms with E-state index in [0.717, 1.165) is 17.2 Å². The summed E-state index contributed by atoms with van der Waals surface area (Å²) in [6, 6.07) is 15.0. The lowest BCUT2D eigenvalue weighted by Gasteiger charge is -2.45. The van der Waals surface area contributed by atoms with Crippen LogP contribution in [-0.2, 0) is 4.79 Å². The van der Waals surface area contributed by atoms with Crippen molar-refractivity contribution in [3.63, 3.8) is 0 Å². The Bertz CT molecular complexity index is 1050. The fourth-order valence-corrected chi connectivity index (χ4v) is 3.72. The molecule has 2 aromatic carbocycles. The molecule has 0 unspecified atom stereocenters. The lowest BCUT2D eigenvalue weighted by Crippen LogP contribution is -2.61. The third kappa shape index (κ3) is 3.43. The van der Waals surface area contributed by atoms with Crippen molar-refractivity contribution in [2.75, 3.05) is 4.90 Å². The number of carbonyl (C=O) groups is 1. The van der Waals surface area contributed by atoms with Crippen molar-refractivity contribution in [1.29, 1.82) is 0 Å². The van der Waals surface area contributed by atoms with Gasteiger partial charge in [-0.3, -0.25) is 4.79 Å². The van der Waals surface area contributed by atoms with Crippen molar-refractivity contribution in [3.05, 3.63) is 116 Å². The summed E-state index contributed by atoms with van der Waals surface area (Å²) in [7, 11) is 0. The number of hydrogen-bond donors (Lipinski definition) is 0. The molecule has 1 saturated heterocycles. The average Bonchev–Trinajstić information content (AvgIpc) is 3.45. The molecule has 5 rings (SSSR count). The first-order valence-corrected chi connectivity index (χ1v) is 9.66. The van der Waals surface area contributed by atoms with Crippen LogP contribution in [0.2, 0.25) is 0 Å². The zero-order valence-corrected chi connectivity index (χ0v) is 16.0. The van der Waals surface area contributed by atoms with E-state index in [9.17, 15) is 9.18 Å². The fraction of sp³-hybridized carbons (Fsp3) is 0.0833. The number of hydrogen-bond acceptors (Lipinski definition) is 3. The molecular formula is C24H18FN4O. The van der Waals surface area contributed by atoms with Crippen LogP contribution in [0.3, 0.4) is 0 Å². The Kier molecular flexibility index (Phi) is 4.91. The first-order chi connectivity index (χ1) is 14.7. The topological polar surface area (TPSA) is 51.0 Å². The summed E-state index contributed by atoms with van der Waals surface area (Å²) in [4.78, 5) is 14.7. The van der Waals surface area contributed by atoms with Crippen LogP contribution in [-0.4, -0.2) is 26.9 Å². The summed E-state index contributed by atoms with van der Waals surface area (Å²) in [6.07, 6.45) is 13.5. The predicted molar refractivity (Wildman–Crippen MR) is 112 cm³/mol. The number of halogens is 1. The first kappa shape index (κ1) is 18.7. The van der Waals surface area contributed by atoms with Crippen LogP contribution in [0.4, 0.5) is 10.1 Å². The van der Waals surface area contributed by atoms with E-state index < -0.39 is 6.04 Å². The van der Waals surface area contributed by atoms with E-state index in [-0.39, 0.29) is 17.8 Å². The van der Waals surface area contributed by atoms with Crippen LogP contribution in [0.5, 0.6) is 0 Å². The van der Waals surface area contributed by atoms with Gasteiger partial charge in [-0.25, -0.2) is 9.07 Å². The third-order valence-electron chi connectivity index (χ3n) is 5.26. The first-order valence-electron chi connectivity index (χ1n) is 9.66. The van der Waals surface area contributed by atoms with Gasteiger partial charge in [-0.2, -0.15) is 0 Å². The van der Waals surface area contributed by atoms with Gasteiger partial charge in [0.15, 0.2) is 6.04 Å². The highest BCUT2D eigenvalue weighted by atomic mass is 19.1. The minimum Gasteiger partial charge on any atom is -0.301 e. The lowest BCUT2D eigenvalue weighted by atomic mass is 9.92. The van der Waals surface area contributed by atoms with E-state index >= 15 is 0 Å². The van der Waals surface area contributed by atoms with Crippen molar-refractivity contribution < 1.29 is 9.18 Å². The second-order valence-electron chi connectivity index (χ2n) is 7.15. The number of benzene rings is 2. The van der Waals surface area contributed by atoms with Crippen LogP contribution in [0.25, 0.3) is 6.08 Å². The number of amides is 1. The summed E-state index contributed by atoms with van der Waals surface area (Å²) < 4.78 is 15.0. The minimum atomic E-state index is -0.508. The maximum atomic E-state index is 13.4. The Morgan fingerprint density at radius 1 is 0.967 bits per heavy atom. The summed E-state index contributed by atoms with van der Waals surface area (Å²) in [5, 5.41) is 8.44. The van der Waals surface area contributed by atoms with Crippen molar-refractivity contribution >= 4 is 17.7 Å². The Labute approximate surface area is 174 Å². The number of aromatic nitrogens is 3. The van der Waals surface area contributed by atoms with Crippen molar-refractivity contribution in [3.8, 4) is 0 Å². The van der Waals surface area contributed by atoms with Crippen LogP contribution in [0.1, 0.15) is 17.3 Å². The number of nitrogens with zero attached hydrogens (tertiary/aromatic N) is 4. The SMILES string of the molecule is O=C1[C@@H](n2cc([C]3[CH][CH][CH][CH]3)nn2)[C@@H](/C=C/c2ccccc2)N1c1ccc(F)cc1. The smallest absolute Gasteiger partial charge is 0.255 e. The molecule has 147 valence electrons. The van der Waals surface area contributed by atoms with Gasteiger partial charge in [-0.15, -0.1) is 5.10 Å². The van der Waals surface area contributed by atoms with Crippen molar-refractivity contribution in [2.45, 2.75) is 12.1 Å². The summed E-state index contributed by atoms with van der Waals surface area (Å²) in [6.45, 7) is 0. The van der Waals surface area contributed by atoms with Crippen LogP contribution < -0.4 is 4.90 Å². The third-order valence-corrected chi connectivity index (χ3v) is 5.26. The van der Waals surface area contributed by atoms with Crippen LogP contribution >= 0.6 is 0 Å². The molecule has 2 heterocycles. The highest BCUT2D eigenvalue weighted by Gasteiger charge is 2.49. The number of anilines is 1. The van der Waals surface area contributed by atoms with Crippen LogP contribution in [0.15, 0.2) is 66.9 Å². The second-order valence-corrected chi connectivity index (χ2v) is 7.15. The molecule has 2 aliphatic rings. The average molecular weight is 397 g/mol. The van der Waals surface area contributed by atoms with E-state index in [0.29, 0.717) is 5.69 Å². The molecule has 1 aliphatic heterocycles. The molecule has 6 heteroatoms. The Hall–Kier alpha value is -3.28. The van der Waals surface area contributed by atoms with Gasteiger partial charge in [0.1, 0.15) is 5.82 Å². The molecule has 0 bridgehead atoms. The molecule has 2 atom stereocenters. The molecule has 0 N–H and O–H groups in total. The molecular weight excluding hydrogens is 379 g/mol. The maximum Gasteiger partial charge on any atom is 0.255 e. The lowest BCUT2D eigenvalue weighted by molar-refractivity contribution is -0.128. The highest BCUT2D eigenvalue weighted by Crippen LogP contribution is 2.38. The van der Waals surface area contributed by atoms with E-state index in [1.54, 1.807) is 27.9 Å². The molecule has 3 aromatic rings. The van der Waals surface area contributed by atoms with Gasteiger partial charge < -0.3 is 4.90 Å². The summed E-state index contributed by atoms with van der Waals surface area (Å²) in [5.74, 6) is 0.512. The van der Waals surface area contributed by atoms with Gasteiger partial charge in [-0.1, -0.05) is 47.7 Å². The summed E-state index contributed by atoms with van der Waals surface area (Å²) >= 11 is 0. The fourth-order valence-electron chi connectivity index (χ4n) is 3.72. The standard InChI is InChI=1S/C24H18FN4O/c25-19-11-13-20(14-12-19)29-22(15-10-17-6-2-1-3-7-17)23(24(29)30)28-16-21(26-27-28)18-8-4-5-9-18/h1-16,22-23H/b15-10+/t22-,23+/m1/s1. The predicted octanol–water partition coefficient (Wildman–Crippen LogP) is 3.84. The molecule has 5 radical (unpaired) electrons. The molecule has 30 heavy (non-hydrogen) atoms. The van der Waals surface area contributed by atoms with Gasteiger partial charge in [0, 0.05) is 11.6 Å². The van der Waals surface area contributed by atoms with Gasteiger partial charge in [-0.05, 0) is 55.5 Å². The summed E-state index contributed by atoms with van der Waals surface area (Å²) in [5.41, 5.74) is 2.40. The number of β-lactam (4-membered cyclic amide) rings is 1. The molecule has 1 aliphatic carbocycles. The van der Waals surface area contributed by atoms with Crippen LogP contribution in [0, 0.1) is 37.4 Å². The van der Waals surface area contributed by atoms with Crippen molar-refractivity contribution in [2.24, 2.45) is 0 Å². The molecule has 1 aromatic heterocycles. The molecule has 5 nitrogen and oxygen atoms in total. The molecule has 2 fully saturated rings. The molecule has 0 spiro atoms. The Balaban J connectivity index is 1.45. The van der Waals surface area contributed by atoms with Gasteiger partial charge in [0.05, 0.1) is 17.9 Å². The highest BCUT2D eigenvalue weighted by molar-refractivity contribution is 6.05. The largest absolute Gasteiger partial charge is 0.301 e. The number of carbonyl (C=O) groups excluding carboxylic acids is 1. The minimum absolute atomic E-state index is 0.108. The van der Waals surface area contributed by atoms with E-state index in [1.165, 1.54) is 12.1 Å². The van der Waals surface area contributed by atoms with Gasteiger partial charge in [0.25, 0.3) is 5.91 Å². The Morgan fingerprint density at radius 3 is 2.43 bits per heavy atom. The van der Waals surface area contributed by atoms with Crippen molar-refractivity contribution in [1.82, 2.24) is 15.0 Å². The second kappa shape index (κ2) is 7.86. The van der Waals surface area contributed by atoms with E-state index in [1.807, 2.05) is 68.2 Å². The Morgan fingerprint density at radius 2 is 1.70 bits per heavy atom. The zero-order valence-electron chi connectivity index (χ0n) is 16.0. The maximum absolute atomic E-state index is 13.4. The zero-order chi connectivity index (χ0) is 20.5.